The fourth-order valence-corrected chi connectivity index (χ4v) is 1.86. The summed E-state index contributed by atoms with van der Waals surface area (Å²) in [6.45, 7) is 5.06. The van der Waals surface area contributed by atoms with Crippen LogP contribution >= 0.6 is 0 Å². The van der Waals surface area contributed by atoms with E-state index in [-0.39, 0.29) is 6.09 Å². The van der Waals surface area contributed by atoms with Gasteiger partial charge in [0.1, 0.15) is 0 Å². The first-order valence-corrected chi connectivity index (χ1v) is 7.60. The molecule has 0 aromatic heterocycles. The summed E-state index contributed by atoms with van der Waals surface area (Å²) in [5, 5.41) is 2.78. The topological polar surface area (TPSA) is 38.3 Å². The molecular weight excluding hydrogens is 218 g/mol. The van der Waals surface area contributed by atoms with Crippen LogP contribution in [0.15, 0.2) is 0 Å². The lowest BCUT2D eigenvalue weighted by atomic mass is 10.1. The predicted molar refractivity (Wildman–Crippen MR) is 68.7 cm³/mol. The number of hydrogen-bond acceptors (Lipinski definition) is 2. The maximum atomic E-state index is 11.1. The van der Waals surface area contributed by atoms with Crippen molar-refractivity contribution in [3.63, 3.8) is 0 Å². The number of hydrogen-bond donors (Lipinski definition) is 1. The second-order valence-corrected chi connectivity index (χ2v) is 4.97. The lowest BCUT2D eigenvalue weighted by molar-refractivity contribution is 0.202. The van der Waals surface area contributed by atoms with E-state index in [2.05, 4.69) is 19.2 Å². The van der Waals surface area contributed by atoms with Crippen molar-refractivity contribution in [1.82, 2.24) is 5.32 Å². The van der Waals surface area contributed by atoms with E-state index < -0.39 is 0 Å². The summed E-state index contributed by atoms with van der Waals surface area (Å²) in [4.78, 5) is 11.1. The van der Waals surface area contributed by atoms with Crippen molar-refractivity contribution in [2.45, 2.75) is 64.8 Å². The summed E-state index contributed by atoms with van der Waals surface area (Å²) in [6.07, 6.45) is 8.30. The average molecular weight is 243 g/mol. The fraction of sp³-hybridized carbons (Fsp3) is 0.917. The normalized spacial score (nSPS) is 10.1. The molecule has 0 rings (SSSR count). The van der Waals surface area contributed by atoms with Gasteiger partial charge in [-0.2, -0.15) is 0 Å². The molecule has 0 atom stereocenters. The number of amides is 1. The zero-order chi connectivity index (χ0) is 12.1. The predicted octanol–water partition coefficient (Wildman–Crippen LogP) is 3.52. The van der Waals surface area contributed by atoms with Gasteiger partial charge in [-0.1, -0.05) is 52.4 Å². The van der Waals surface area contributed by atoms with E-state index in [0.717, 1.165) is 25.4 Å². The van der Waals surface area contributed by atoms with Gasteiger partial charge in [-0.15, -0.1) is 0 Å². The highest BCUT2D eigenvalue weighted by atomic mass is 28.2. The zero-order valence-corrected chi connectivity index (χ0v) is 11.7. The second kappa shape index (κ2) is 12.6. The molecule has 0 spiro atoms. The van der Waals surface area contributed by atoms with Gasteiger partial charge in [-0.3, -0.25) is 0 Å². The van der Waals surface area contributed by atoms with Gasteiger partial charge in [0.25, 0.3) is 0 Å². The van der Waals surface area contributed by atoms with Gasteiger partial charge in [-0.25, -0.2) is 4.79 Å². The Hall–Kier alpha value is -0.513. The molecule has 2 radical (unpaired) electrons. The largest absolute Gasteiger partial charge is 0.501 e. The smallest absolute Gasteiger partial charge is 0.393 e. The Labute approximate surface area is 102 Å². The SMILES string of the molecule is CCCCCCCCNC(=O)O[Si]CCC. The highest BCUT2D eigenvalue weighted by Gasteiger charge is 2.00. The quantitative estimate of drug-likeness (QED) is 0.471. The molecule has 0 fully saturated rings. The van der Waals surface area contributed by atoms with Crippen LogP contribution < -0.4 is 5.32 Å². The van der Waals surface area contributed by atoms with Crippen LogP contribution in [0.25, 0.3) is 0 Å². The molecule has 1 N–H and O–H groups in total. The monoisotopic (exact) mass is 243 g/mol. The molecule has 0 aliphatic heterocycles. The Morgan fingerprint density at radius 3 is 2.44 bits per heavy atom. The summed E-state index contributed by atoms with van der Waals surface area (Å²) in [5.74, 6) is 0. The minimum absolute atomic E-state index is 0.250. The van der Waals surface area contributed by atoms with E-state index in [9.17, 15) is 4.79 Å². The molecule has 0 saturated heterocycles. The fourth-order valence-electron chi connectivity index (χ4n) is 1.35. The molecule has 0 unspecified atom stereocenters. The lowest BCUT2D eigenvalue weighted by Gasteiger charge is -2.05. The Bertz CT molecular complexity index is 165. The third-order valence-electron chi connectivity index (χ3n) is 2.32. The van der Waals surface area contributed by atoms with Gasteiger partial charge in [0.05, 0.1) is 0 Å². The van der Waals surface area contributed by atoms with E-state index in [4.69, 9.17) is 4.43 Å². The first kappa shape index (κ1) is 15.5. The summed E-state index contributed by atoms with van der Waals surface area (Å²) < 4.78 is 5.01. The Balaban J connectivity index is 3.09. The number of rotatable bonds is 10. The molecule has 0 bridgehead atoms. The minimum atomic E-state index is -0.250. The van der Waals surface area contributed by atoms with E-state index in [0.29, 0.717) is 9.76 Å². The van der Waals surface area contributed by atoms with E-state index >= 15 is 0 Å². The van der Waals surface area contributed by atoms with Crippen LogP contribution in [-0.4, -0.2) is 22.4 Å². The minimum Gasteiger partial charge on any atom is -0.501 e. The molecule has 0 aromatic carbocycles. The number of unbranched alkanes of at least 4 members (excludes halogenated alkanes) is 5. The third kappa shape index (κ3) is 11.6. The van der Waals surface area contributed by atoms with E-state index in [1.165, 1.54) is 32.1 Å². The summed E-state index contributed by atoms with van der Waals surface area (Å²) >= 11 is 0. The molecule has 0 aromatic rings. The number of carbonyl (C=O) groups excluding carboxylic acids is 1. The zero-order valence-electron chi connectivity index (χ0n) is 10.7. The van der Waals surface area contributed by atoms with Gasteiger partial charge in [0, 0.05) is 6.54 Å². The molecule has 94 valence electrons. The van der Waals surface area contributed by atoms with Gasteiger partial charge < -0.3 is 9.74 Å². The molecule has 16 heavy (non-hydrogen) atoms. The number of carbonyl (C=O) groups is 1. The maximum Gasteiger partial charge on any atom is 0.393 e. The van der Waals surface area contributed by atoms with Gasteiger partial charge in [0.15, 0.2) is 0 Å². The van der Waals surface area contributed by atoms with Crippen molar-refractivity contribution in [3.8, 4) is 0 Å². The molecule has 3 nitrogen and oxygen atoms in total. The van der Waals surface area contributed by atoms with Crippen molar-refractivity contribution in [3.05, 3.63) is 0 Å². The third-order valence-corrected chi connectivity index (χ3v) is 3.35. The molecule has 4 heteroatoms. The van der Waals surface area contributed by atoms with Crippen molar-refractivity contribution >= 4 is 15.9 Å². The van der Waals surface area contributed by atoms with Crippen LogP contribution in [0.1, 0.15) is 58.8 Å². The van der Waals surface area contributed by atoms with Crippen LogP contribution in [0, 0.1) is 0 Å². The Morgan fingerprint density at radius 2 is 1.75 bits per heavy atom. The van der Waals surface area contributed by atoms with Crippen LogP contribution in [0.3, 0.4) is 0 Å². The van der Waals surface area contributed by atoms with Crippen LogP contribution in [0.5, 0.6) is 0 Å². The maximum absolute atomic E-state index is 11.1. The Morgan fingerprint density at radius 1 is 1.06 bits per heavy atom. The highest BCUT2D eigenvalue weighted by Crippen LogP contribution is 2.03. The van der Waals surface area contributed by atoms with Crippen molar-refractivity contribution in [2.24, 2.45) is 0 Å². The van der Waals surface area contributed by atoms with E-state index in [1.807, 2.05) is 0 Å². The average Bonchev–Trinajstić information content (AvgIpc) is 2.28. The molecule has 0 saturated carbocycles. The van der Waals surface area contributed by atoms with E-state index in [1.54, 1.807) is 0 Å². The summed E-state index contributed by atoms with van der Waals surface area (Å²) in [7, 11) is 0.313. The molecule has 0 aliphatic rings. The Kier molecular flexibility index (Phi) is 12.2. The highest BCUT2D eigenvalue weighted by molar-refractivity contribution is 6.30. The van der Waals surface area contributed by atoms with Crippen molar-refractivity contribution < 1.29 is 9.22 Å². The molecule has 0 aliphatic carbocycles. The first-order valence-electron chi connectivity index (χ1n) is 6.48. The molecule has 0 heterocycles. The van der Waals surface area contributed by atoms with Crippen LogP contribution in [0.2, 0.25) is 6.04 Å². The molecule has 1 amide bonds. The van der Waals surface area contributed by atoms with Gasteiger partial charge in [-0.05, 0) is 12.5 Å². The lowest BCUT2D eigenvalue weighted by Crippen LogP contribution is -2.26. The summed E-state index contributed by atoms with van der Waals surface area (Å²) in [6, 6.07) is 0.977. The van der Waals surface area contributed by atoms with Gasteiger partial charge >= 0.3 is 15.9 Å². The standard InChI is InChI=1S/C12H25NO2Si/c1-3-5-6-7-8-9-10-13-12(14)15-16-11-4-2/h3-11H2,1-2H3,(H,13,14). The molecular formula is C12H25NO2Si. The number of nitrogens with one attached hydrogen (secondary N) is 1. The summed E-state index contributed by atoms with van der Waals surface area (Å²) in [5.41, 5.74) is 0. The second-order valence-electron chi connectivity index (χ2n) is 3.98. The van der Waals surface area contributed by atoms with Crippen LogP contribution in [0.4, 0.5) is 4.79 Å². The van der Waals surface area contributed by atoms with Gasteiger partial charge in [0.2, 0.25) is 0 Å². The first-order chi connectivity index (χ1) is 7.81. The van der Waals surface area contributed by atoms with Crippen molar-refractivity contribution in [2.75, 3.05) is 6.54 Å². The van der Waals surface area contributed by atoms with Crippen molar-refractivity contribution in [1.29, 1.82) is 0 Å². The van der Waals surface area contributed by atoms with Crippen LogP contribution in [-0.2, 0) is 4.43 Å².